The third-order valence-corrected chi connectivity index (χ3v) is 5.59. The summed E-state index contributed by atoms with van der Waals surface area (Å²) < 4.78 is 67.1. The highest BCUT2D eigenvalue weighted by molar-refractivity contribution is 5.82. The molecule has 184 valence electrons. The first kappa shape index (κ1) is 24.4. The average Bonchev–Trinajstić information content (AvgIpc) is 2.84. The predicted molar refractivity (Wildman–Crippen MR) is 110 cm³/mol. The molecule has 2 aromatic rings. The van der Waals surface area contributed by atoms with Crippen LogP contribution in [-0.2, 0) is 30.3 Å². The lowest BCUT2D eigenvalue weighted by molar-refractivity contribution is -0.343. The summed E-state index contributed by atoms with van der Waals surface area (Å²) in [5, 5.41) is 12.2. The number of aliphatic hydroxyl groups is 1. The zero-order valence-corrected chi connectivity index (χ0v) is 18.1. The number of rotatable bonds is 6. The van der Waals surface area contributed by atoms with Gasteiger partial charge in [0.15, 0.2) is 12.6 Å². The van der Waals surface area contributed by atoms with Crippen molar-refractivity contribution in [3.05, 3.63) is 65.7 Å². The molecule has 0 saturated carbocycles. The van der Waals surface area contributed by atoms with E-state index in [1.54, 1.807) is 53.8 Å². The Morgan fingerprint density at radius 1 is 1.12 bits per heavy atom. The summed E-state index contributed by atoms with van der Waals surface area (Å²) in [6.45, 7) is -0.0210. The molecule has 0 radical (unpaired) electrons. The summed E-state index contributed by atoms with van der Waals surface area (Å²) >= 11 is 0. The Hall–Kier alpha value is -2.70. The fraction of sp³-hybridized carbons (Fsp3) is 0.435. The van der Waals surface area contributed by atoms with E-state index in [2.05, 4.69) is 0 Å². The fourth-order valence-electron chi connectivity index (χ4n) is 3.87. The summed E-state index contributed by atoms with van der Waals surface area (Å²) in [4.78, 5) is 11.7. The van der Waals surface area contributed by atoms with Gasteiger partial charge in [-0.05, 0) is 17.7 Å². The van der Waals surface area contributed by atoms with Crippen molar-refractivity contribution in [2.45, 2.75) is 49.7 Å². The lowest BCUT2D eigenvalue weighted by Gasteiger charge is -2.48. The maximum Gasteiger partial charge on any atom is 0.471 e. The van der Waals surface area contributed by atoms with Crippen LogP contribution in [0.15, 0.2) is 54.6 Å². The third-order valence-electron chi connectivity index (χ3n) is 5.59. The highest BCUT2D eigenvalue weighted by Gasteiger charge is 2.52. The normalized spacial score (nSPS) is 29.2. The van der Waals surface area contributed by atoms with Crippen molar-refractivity contribution in [3.63, 3.8) is 0 Å². The number of amides is 1. The molecule has 2 heterocycles. The quantitative estimate of drug-likeness (QED) is 0.652. The largest absolute Gasteiger partial charge is 0.497 e. The molecule has 0 bridgehead atoms. The molecule has 0 aromatic heterocycles. The number of methoxy groups -OCH3 is 1. The van der Waals surface area contributed by atoms with Gasteiger partial charge in [-0.1, -0.05) is 42.5 Å². The summed E-state index contributed by atoms with van der Waals surface area (Å²) in [6, 6.07) is 14.3. The van der Waals surface area contributed by atoms with Crippen molar-refractivity contribution < 1.29 is 46.8 Å². The monoisotopic (exact) mass is 483 g/mol. The number of benzene rings is 2. The molecule has 4 rings (SSSR count). The number of carbonyl (C=O) groups excluding carboxylic acids is 1. The summed E-state index contributed by atoms with van der Waals surface area (Å²) in [5.74, 6) is -1.59. The van der Waals surface area contributed by atoms with Crippen LogP contribution in [0.25, 0.3) is 0 Å². The van der Waals surface area contributed by atoms with E-state index in [0.29, 0.717) is 16.9 Å². The molecule has 34 heavy (non-hydrogen) atoms. The lowest BCUT2D eigenvalue weighted by Crippen LogP contribution is -2.67. The van der Waals surface area contributed by atoms with Gasteiger partial charge in [0.25, 0.3) is 0 Å². The first-order chi connectivity index (χ1) is 16.3. The molecule has 1 amide bonds. The van der Waals surface area contributed by atoms with Crippen molar-refractivity contribution in [1.29, 1.82) is 0 Å². The van der Waals surface area contributed by atoms with Gasteiger partial charge in [0.2, 0.25) is 0 Å². The molecule has 2 unspecified atom stereocenters. The smallest absolute Gasteiger partial charge is 0.471 e. The van der Waals surface area contributed by atoms with Crippen LogP contribution in [0.2, 0.25) is 0 Å². The Bertz CT molecular complexity index is 957. The van der Waals surface area contributed by atoms with Gasteiger partial charge in [0.1, 0.15) is 30.1 Å². The number of aliphatic hydroxyl groups excluding tert-OH is 1. The molecular formula is C23H24F3NO7. The molecule has 2 saturated heterocycles. The highest BCUT2D eigenvalue weighted by atomic mass is 19.4. The van der Waals surface area contributed by atoms with E-state index in [4.69, 9.17) is 23.7 Å². The molecule has 2 aliphatic heterocycles. The van der Waals surface area contributed by atoms with Gasteiger partial charge in [0, 0.05) is 5.56 Å². The molecule has 8 nitrogen and oxygen atoms in total. The minimum Gasteiger partial charge on any atom is -0.497 e. The maximum atomic E-state index is 13.0. The van der Waals surface area contributed by atoms with Gasteiger partial charge in [-0.3, -0.25) is 4.79 Å². The number of hydrogen-bond donors (Lipinski definition) is 2. The second-order valence-electron chi connectivity index (χ2n) is 7.86. The third kappa shape index (κ3) is 5.50. The molecule has 0 aliphatic carbocycles. The maximum absolute atomic E-state index is 13.0. The second-order valence-corrected chi connectivity index (χ2v) is 7.86. The first-order valence-electron chi connectivity index (χ1n) is 10.5. The van der Waals surface area contributed by atoms with E-state index < -0.39 is 49.0 Å². The lowest BCUT2D eigenvalue weighted by atomic mass is 9.95. The second kappa shape index (κ2) is 10.3. The van der Waals surface area contributed by atoms with E-state index in [9.17, 15) is 23.1 Å². The van der Waals surface area contributed by atoms with Crippen LogP contribution in [0.1, 0.15) is 17.4 Å². The van der Waals surface area contributed by atoms with Gasteiger partial charge in [-0.15, -0.1) is 0 Å². The molecular weight excluding hydrogens is 459 g/mol. The van der Waals surface area contributed by atoms with Crippen LogP contribution in [-0.4, -0.2) is 61.6 Å². The van der Waals surface area contributed by atoms with Gasteiger partial charge in [0.05, 0.1) is 20.3 Å². The van der Waals surface area contributed by atoms with Gasteiger partial charge < -0.3 is 34.1 Å². The van der Waals surface area contributed by atoms with Gasteiger partial charge in [-0.2, -0.15) is 13.2 Å². The highest BCUT2D eigenvalue weighted by Crippen LogP contribution is 2.35. The minimum atomic E-state index is -5.15. The molecule has 2 aromatic carbocycles. The fourth-order valence-corrected chi connectivity index (χ4v) is 3.87. The average molecular weight is 483 g/mol. The number of halogens is 3. The molecule has 2 aliphatic rings. The number of fused-ring (bicyclic) bond motifs is 1. The van der Waals surface area contributed by atoms with E-state index in [1.165, 1.54) is 7.11 Å². The number of nitrogens with one attached hydrogen (secondary N) is 1. The number of ether oxygens (including phenoxy) is 5. The van der Waals surface area contributed by atoms with Crippen LogP contribution in [0.3, 0.4) is 0 Å². The first-order valence-corrected chi connectivity index (χ1v) is 10.5. The van der Waals surface area contributed by atoms with Crippen LogP contribution in [0, 0.1) is 0 Å². The SMILES string of the molecule is COc1ccc(CO[C@@H]2[C@@H]3OC(c4ccccc4)OC[C@H]3OC(O)[C@H]2NC(=O)C(F)(F)F)cc1. The zero-order valence-electron chi connectivity index (χ0n) is 18.1. The molecule has 0 spiro atoms. The van der Waals surface area contributed by atoms with E-state index in [-0.39, 0.29) is 13.2 Å². The van der Waals surface area contributed by atoms with Crippen molar-refractivity contribution in [3.8, 4) is 5.75 Å². The molecule has 2 N–H and O–H groups in total. The number of carbonyl (C=O) groups is 1. The van der Waals surface area contributed by atoms with E-state index >= 15 is 0 Å². The van der Waals surface area contributed by atoms with E-state index in [1.807, 2.05) is 6.07 Å². The molecule has 11 heteroatoms. The Labute approximate surface area is 193 Å². The Morgan fingerprint density at radius 2 is 1.82 bits per heavy atom. The minimum absolute atomic E-state index is 0.00359. The number of hydrogen-bond acceptors (Lipinski definition) is 7. The van der Waals surface area contributed by atoms with Crippen LogP contribution in [0.5, 0.6) is 5.75 Å². The van der Waals surface area contributed by atoms with Gasteiger partial charge >= 0.3 is 12.1 Å². The zero-order chi connectivity index (χ0) is 24.3. The topological polar surface area (TPSA) is 95.5 Å². The summed E-state index contributed by atoms with van der Waals surface area (Å²) in [5.41, 5.74) is 1.39. The summed E-state index contributed by atoms with van der Waals surface area (Å²) in [7, 11) is 1.52. The van der Waals surface area contributed by atoms with Crippen LogP contribution in [0.4, 0.5) is 13.2 Å². The summed E-state index contributed by atoms with van der Waals surface area (Å²) in [6.07, 6.45) is -10.7. The van der Waals surface area contributed by atoms with Crippen molar-refractivity contribution in [2.24, 2.45) is 0 Å². The standard InChI is InChI=1S/C23H24F3NO7/c1-30-15-9-7-13(8-10-15)11-31-19-17(27-22(29)23(24,25)26)20(28)33-16-12-32-21(34-18(16)19)14-5-3-2-4-6-14/h2-10,16-21,28H,11-12H2,1H3,(H,27,29)/t16-,17+,18-,19+,20?,21?/m1/s1. The Kier molecular flexibility index (Phi) is 7.39. The van der Waals surface area contributed by atoms with Crippen LogP contribution < -0.4 is 10.1 Å². The van der Waals surface area contributed by atoms with Crippen molar-refractivity contribution in [2.75, 3.05) is 13.7 Å². The van der Waals surface area contributed by atoms with Gasteiger partial charge in [-0.25, -0.2) is 0 Å². The predicted octanol–water partition coefficient (Wildman–Crippen LogP) is 2.46. The van der Waals surface area contributed by atoms with Crippen LogP contribution >= 0.6 is 0 Å². The number of alkyl halides is 3. The van der Waals surface area contributed by atoms with Crippen molar-refractivity contribution >= 4 is 5.91 Å². The Balaban J connectivity index is 1.57. The molecule has 6 atom stereocenters. The molecule has 2 fully saturated rings. The van der Waals surface area contributed by atoms with Crippen molar-refractivity contribution in [1.82, 2.24) is 5.32 Å². The Morgan fingerprint density at radius 3 is 2.47 bits per heavy atom. The van der Waals surface area contributed by atoms with E-state index in [0.717, 1.165) is 0 Å².